The van der Waals surface area contributed by atoms with Crippen molar-refractivity contribution in [3.8, 4) is 11.5 Å². The molecule has 134 valence electrons. The predicted octanol–water partition coefficient (Wildman–Crippen LogP) is 0.919. The van der Waals surface area contributed by atoms with Crippen molar-refractivity contribution in [3.05, 3.63) is 46.0 Å². The van der Waals surface area contributed by atoms with Gasteiger partial charge in [-0.1, -0.05) is 12.1 Å². The van der Waals surface area contributed by atoms with Crippen LogP contribution in [-0.4, -0.2) is 39.3 Å². The van der Waals surface area contributed by atoms with Gasteiger partial charge in [0.1, 0.15) is 12.1 Å². The fraction of sp³-hybridized carbons (Fsp3) is 0.294. The lowest BCUT2D eigenvalue weighted by Crippen LogP contribution is -2.35. The van der Waals surface area contributed by atoms with Crippen molar-refractivity contribution >= 4 is 17.5 Å². The molecule has 1 aliphatic heterocycles. The van der Waals surface area contributed by atoms with Crippen LogP contribution in [0.2, 0.25) is 0 Å². The largest absolute Gasteiger partial charge is 0.493 e. The third kappa shape index (κ3) is 2.17. The first kappa shape index (κ1) is 16.1. The molecule has 0 fully saturated rings. The van der Waals surface area contributed by atoms with Gasteiger partial charge in [0.2, 0.25) is 11.7 Å². The van der Waals surface area contributed by atoms with E-state index in [1.165, 1.54) is 22.5 Å². The van der Waals surface area contributed by atoms with Gasteiger partial charge < -0.3 is 14.8 Å². The molecular formula is C17H17N5O4. The molecule has 26 heavy (non-hydrogen) atoms. The second-order valence-corrected chi connectivity index (χ2v) is 5.99. The normalized spacial score (nSPS) is 16.3. The maximum atomic E-state index is 13.0. The molecule has 1 amide bonds. The number of ether oxygens (including phenoxy) is 2. The molecule has 2 aromatic heterocycles. The molecule has 0 saturated carbocycles. The first-order chi connectivity index (χ1) is 12.6. The second kappa shape index (κ2) is 5.87. The Morgan fingerprint density at radius 1 is 1.23 bits per heavy atom. The first-order valence-electron chi connectivity index (χ1n) is 8.00. The lowest BCUT2D eigenvalue weighted by molar-refractivity contribution is -0.116. The van der Waals surface area contributed by atoms with E-state index in [-0.39, 0.29) is 17.9 Å². The van der Waals surface area contributed by atoms with Gasteiger partial charge in [-0.3, -0.25) is 14.2 Å². The SMILES string of the molecule is COc1cccc([C@H]2CC(=O)Nc3c2c(=O)n(C)c2ncnn32)c1OC. The highest BCUT2D eigenvalue weighted by Gasteiger charge is 2.35. The van der Waals surface area contributed by atoms with E-state index in [0.717, 1.165) is 0 Å². The van der Waals surface area contributed by atoms with E-state index >= 15 is 0 Å². The minimum atomic E-state index is -0.490. The van der Waals surface area contributed by atoms with E-state index in [1.807, 2.05) is 6.07 Å². The Morgan fingerprint density at radius 2 is 2.04 bits per heavy atom. The van der Waals surface area contributed by atoms with E-state index in [4.69, 9.17) is 9.47 Å². The Labute approximate surface area is 148 Å². The number of hydrogen-bond acceptors (Lipinski definition) is 6. The summed E-state index contributed by atoms with van der Waals surface area (Å²) in [5, 5.41) is 6.91. The van der Waals surface area contributed by atoms with Crippen molar-refractivity contribution in [2.24, 2.45) is 7.05 Å². The number of nitrogens with one attached hydrogen (secondary N) is 1. The molecule has 0 radical (unpaired) electrons. The van der Waals surface area contributed by atoms with Gasteiger partial charge in [0.25, 0.3) is 5.56 Å². The molecule has 3 aromatic rings. The van der Waals surface area contributed by atoms with Crippen LogP contribution in [0, 0.1) is 0 Å². The fourth-order valence-corrected chi connectivity index (χ4v) is 3.47. The molecule has 0 saturated heterocycles. The molecule has 1 atom stereocenters. The Kier molecular flexibility index (Phi) is 3.64. The standard InChI is InChI=1S/C17H17N5O4/c1-21-16(24)13-10(9-5-4-6-11(25-2)14(9)26-3)7-12(23)20-15(13)22-17(21)18-8-19-22/h4-6,8,10H,7H2,1-3H3,(H,20,23)/t10-/m1/s1. The summed E-state index contributed by atoms with van der Waals surface area (Å²) in [7, 11) is 4.70. The molecule has 0 unspecified atom stereocenters. The minimum absolute atomic E-state index is 0.117. The number of benzene rings is 1. The number of hydrogen-bond donors (Lipinski definition) is 1. The van der Waals surface area contributed by atoms with Gasteiger partial charge in [-0.25, -0.2) is 0 Å². The molecule has 1 aliphatic rings. The molecule has 0 spiro atoms. The van der Waals surface area contributed by atoms with Crippen LogP contribution in [0.3, 0.4) is 0 Å². The molecule has 0 bridgehead atoms. The van der Waals surface area contributed by atoms with E-state index in [1.54, 1.807) is 26.3 Å². The van der Waals surface area contributed by atoms with E-state index in [2.05, 4.69) is 15.4 Å². The number of nitrogens with zero attached hydrogens (tertiary/aromatic N) is 4. The topological polar surface area (TPSA) is 99.8 Å². The van der Waals surface area contributed by atoms with Crippen LogP contribution >= 0.6 is 0 Å². The Morgan fingerprint density at radius 3 is 2.77 bits per heavy atom. The van der Waals surface area contributed by atoms with Crippen molar-refractivity contribution < 1.29 is 14.3 Å². The van der Waals surface area contributed by atoms with Gasteiger partial charge in [0, 0.05) is 24.9 Å². The Bertz CT molecular complexity index is 1080. The quantitative estimate of drug-likeness (QED) is 0.750. The van der Waals surface area contributed by atoms with E-state index in [9.17, 15) is 9.59 Å². The number of methoxy groups -OCH3 is 2. The van der Waals surface area contributed by atoms with Crippen LogP contribution in [0.1, 0.15) is 23.5 Å². The van der Waals surface area contributed by atoms with E-state index in [0.29, 0.717) is 34.2 Å². The zero-order valence-electron chi connectivity index (χ0n) is 14.5. The van der Waals surface area contributed by atoms with Gasteiger partial charge in [-0.05, 0) is 6.07 Å². The van der Waals surface area contributed by atoms with Crippen LogP contribution in [0.15, 0.2) is 29.3 Å². The maximum absolute atomic E-state index is 13.0. The number of fused-ring (bicyclic) bond motifs is 3. The summed E-state index contributed by atoms with van der Waals surface area (Å²) >= 11 is 0. The summed E-state index contributed by atoms with van der Waals surface area (Å²) in [6.45, 7) is 0. The van der Waals surface area contributed by atoms with Gasteiger partial charge >= 0.3 is 0 Å². The lowest BCUT2D eigenvalue weighted by Gasteiger charge is -2.27. The van der Waals surface area contributed by atoms with Crippen LogP contribution in [0.5, 0.6) is 11.5 Å². The average molecular weight is 355 g/mol. The van der Waals surface area contributed by atoms with Crippen LogP contribution in [-0.2, 0) is 11.8 Å². The molecule has 3 heterocycles. The number of carbonyl (C=O) groups is 1. The summed E-state index contributed by atoms with van der Waals surface area (Å²) in [5.74, 6) is 1.03. The Balaban J connectivity index is 2.04. The van der Waals surface area contributed by atoms with Gasteiger partial charge in [-0.15, -0.1) is 0 Å². The van der Waals surface area contributed by atoms with Crippen molar-refractivity contribution in [1.82, 2.24) is 19.2 Å². The van der Waals surface area contributed by atoms with Crippen LogP contribution in [0.4, 0.5) is 5.82 Å². The number of aromatic nitrogens is 4. The molecule has 9 heteroatoms. The fourth-order valence-electron chi connectivity index (χ4n) is 3.47. The summed E-state index contributed by atoms with van der Waals surface area (Å²) in [6.07, 6.45) is 1.46. The highest BCUT2D eigenvalue weighted by Crippen LogP contribution is 2.42. The zero-order valence-corrected chi connectivity index (χ0v) is 14.5. The number of aryl methyl sites for hydroxylation is 1. The summed E-state index contributed by atoms with van der Waals surface area (Å²) in [4.78, 5) is 29.5. The molecule has 1 aromatic carbocycles. The predicted molar refractivity (Wildman–Crippen MR) is 92.9 cm³/mol. The van der Waals surface area contributed by atoms with Gasteiger partial charge in [-0.2, -0.15) is 14.6 Å². The van der Waals surface area contributed by atoms with Crippen molar-refractivity contribution in [3.63, 3.8) is 0 Å². The second-order valence-electron chi connectivity index (χ2n) is 5.99. The average Bonchev–Trinajstić information content (AvgIpc) is 3.14. The molecular weight excluding hydrogens is 338 g/mol. The first-order valence-corrected chi connectivity index (χ1v) is 8.00. The number of para-hydroxylation sites is 1. The van der Waals surface area contributed by atoms with Crippen molar-refractivity contribution in [2.45, 2.75) is 12.3 Å². The minimum Gasteiger partial charge on any atom is -0.493 e. The van der Waals surface area contributed by atoms with Crippen molar-refractivity contribution in [1.29, 1.82) is 0 Å². The van der Waals surface area contributed by atoms with Gasteiger partial charge in [0.15, 0.2) is 11.5 Å². The van der Waals surface area contributed by atoms with Gasteiger partial charge in [0.05, 0.1) is 19.8 Å². The van der Waals surface area contributed by atoms with Crippen LogP contribution < -0.4 is 20.3 Å². The molecule has 4 rings (SSSR count). The maximum Gasteiger partial charge on any atom is 0.260 e. The van der Waals surface area contributed by atoms with Crippen LogP contribution in [0.25, 0.3) is 5.78 Å². The summed E-state index contributed by atoms with van der Waals surface area (Å²) < 4.78 is 13.8. The lowest BCUT2D eigenvalue weighted by atomic mass is 9.86. The third-order valence-corrected chi connectivity index (χ3v) is 4.64. The number of rotatable bonds is 3. The van der Waals surface area contributed by atoms with Crippen molar-refractivity contribution in [2.75, 3.05) is 19.5 Å². The summed E-state index contributed by atoms with van der Waals surface area (Å²) in [5.41, 5.74) is 0.909. The summed E-state index contributed by atoms with van der Waals surface area (Å²) in [6, 6.07) is 5.41. The highest BCUT2D eigenvalue weighted by molar-refractivity contribution is 5.94. The van der Waals surface area contributed by atoms with E-state index < -0.39 is 5.92 Å². The number of carbonyl (C=O) groups excluding carboxylic acids is 1. The molecule has 9 nitrogen and oxygen atoms in total. The molecule has 1 N–H and O–H groups in total. The third-order valence-electron chi connectivity index (χ3n) is 4.64. The number of amides is 1. The number of anilines is 1. The highest BCUT2D eigenvalue weighted by atomic mass is 16.5. The Hall–Kier alpha value is -3.36. The monoisotopic (exact) mass is 355 g/mol. The zero-order chi connectivity index (χ0) is 18.4. The molecule has 0 aliphatic carbocycles. The smallest absolute Gasteiger partial charge is 0.260 e.